The lowest BCUT2D eigenvalue weighted by Gasteiger charge is -2.28. The van der Waals surface area contributed by atoms with E-state index in [9.17, 15) is 0 Å². The third kappa shape index (κ3) is 3.41. The number of ether oxygens (including phenoxy) is 1. The van der Waals surface area contributed by atoms with Crippen LogP contribution in [0.1, 0.15) is 68.1 Å². The molecule has 0 aromatic carbocycles. The van der Waals surface area contributed by atoms with E-state index >= 15 is 0 Å². The molecule has 0 fully saturated rings. The summed E-state index contributed by atoms with van der Waals surface area (Å²) >= 11 is 1.88. The highest BCUT2D eigenvalue weighted by atomic mass is 32.1. The van der Waals surface area contributed by atoms with Crippen LogP contribution in [0.5, 0.6) is 0 Å². The van der Waals surface area contributed by atoms with Crippen LogP contribution in [-0.2, 0) is 11.2 Å². The van der Waals surface area contributed by atoms with Gasteiger partial charge in [0, 0.05) is 23.9 Å². The van der Waals surface area contributed by atoms with Crippen LogP contribution in [-0.4, -0.2) is 25.2 Å². The van der Waals surface area contributed by atoms with E-state index in [1.54, 1.807) is 0 Å². The van der Waals surface area contributed by atoms with Gasteiger partial charge >= 0.3 is 0 Å². The number of aromatic nitrogens is 1. The second-order valence-corrected chi connectivity index (χ2v) is 7.82. The maximum absolute atomic E-state index is 6.00. The van der Waals surface area contributed by atoms with Crippen molar-refractivity contribution in [3.8, 4) is 0 Å². The van der Waals surface area contributed by atoms with Gasteiger partial charge in [-0.25, -0.2) is 4.98 Å². The first-order chi connectivity index (χ1) is 9.47. The number of likely N-dealkylation sites (N-methyl/N-ethyl adjacent to an activating group) is 1. The van der Waals surface area contributed by atoms with Gasteiger partial charge in [-0.05, 0) is 38.6 Å². The molecule has 114 valence electrons. The highest BCUT2D eigenvalue weighted by molar-refractivity contribution is 7.11. The quantitative estimate of drug-likeness (QED) is 0.894. The number of nitrogens with zero attached hydrogens (tertiary/aromatic N) is 1. The Morgan fingerprint density at radius 2 is 2.20 bits per heavy atom. The maximum Gasteiger partial charge on any atom is 0.123 e. The van der Waals surface area contributed by atoms with Crippen LogP contribution < -0.4 is 5.32 Å². The first-order valence-electron chi connectivity index (χ1n) is 7.73. The molecule has 3 nitrogen and oxygen atoms in total. The molecule has 20 heavy (non-hydrogen) atoms. The van der Waals surface area contributed by atoms with E-state index in [0.717, 1.165) is 13.2 Å². The van der Waals surface area contributed by atoms with Crippen molar-refractivity contribution in [2.75, 3.05) is 20.2 Å². The molecule has 0 amide bonds. The molecule has 0 bridgehead atoms. The first-order valence-corrected chi connectivity index (χ1v) is 8.54. The number of thiazole rings is 1. The first kappa shape index (κ1) is 15.9. The molecule has 2 unspecified atom stereocenters. The fraction of sp³-hybridized carbons (Fsp3) is 0.812. The van der Waals surface area contributed by atoms with Gasteiger partial charge in [0.05, 0.1) is 5.69 Å². The standard InChI is InChI=1S/C16H28N2OS/c1-6-19-14(16(2,3)4)15-18-13-11(10-17-5)8-7-9-12(13)20-15/h11,14,17H,6-10H2,1-5H3. The fourth-order valence-electron chi connectivity index (χ4n) is 2.94. The third-order valence-electron chi connectivity index (χ3n) is 3.88. The molecule has 1 N–H and O–H groups in total. The van der Waals surface area contributed by atoms with Crippen molar-refractivity contribution in [1.29, 1.82) is 0 Å². The van der Waals surface area contributed by atoms with Crippen LogP contribution in [0, 0.1) is 5.41 Å². The molecule has 2 rings (SSSR count). The molecular formula is C16H28N2OS. The van der Waals surface area contributed by atoms with Gasteiger partial charge in [-0.15, -0.1) is 11.3 Å². The van der Waals surface area contributed by atoms with E-state index in [1.807, 2.05) is 18.4 Å². The molecule has 0 radical (unpaired) electrons. The second-order valence-electron chi connectivity index (χ2n) is 6.71. The van der Waals surface area contributed by atoms with Crippen molar-refractivity contribution in [1.82, 2.24) is 10.3 Å². The Bertz CT molecular complexity index is 436. The Kier molecular flexibility index (Phi) is 5.21. The van der Waals surface area contributed by atoms with Gasteiger partial charge in [-0.1, -0.05) is 20.8 Å². The Labute approximate surface area is 127 Å². The molecule has 1 aromatic rings. The third-order valence-corrected chi connectivity index (χ3v) is 5.06. The van der Waals surface area contributed by atoms with Gasteiger partial charge in [0.2, 0.25) is 0 Å². The molecule has 2 atom stereocenters. The molecular weight excluding hydrogens is 268 g/mol. The van der Waals surface area contributed by atoms with Crippen LogP contribution in [0.25, 0.3) is 0 Å². The molecule has 1 heterocycles. The highest BCUT2D eigenvalue weighted by Crippen LogP contribution is 2.42. The molecule has 0 saturated heterocycles. The number of hydrogen-bond acceptors (Lipinski definition) is 4. The van der Waals surface area contributed by atoms with Gasteiger partial charge in [0.1, 0.15) is 11.1 Å². The lowest BCUT2D eigenvalue weighted by Crippen LogP contribution is -2.22. The number of hydrogen-bond donors (Lipinski definition) is 1. The maximum atomic E-state index is 6.00. The van der Waals surface area contributed by atoms with Gasteiger partial charge in [-0.2, -0.15) is 0 Å². The predicted octanol–water partition coefficient (Wildman–Crippen LogP) is 3.91. The van der Waals surface area contributed by atoms with Crippen LogP contribution in [0.15, 0.2) is 0 Å². The predicted molar refractivity (Wildman–Crippen MR) is 85.5 cm³/mol. The van der Waals surface area contributed by atoms with Crippen molar-refractivity contribution in [3.05, 3.63) is 15.6 Å². The SMILES string of the molecule is CCOC(c1nc2c(s1)CCCC2CNC)C(C)(C)C. The zero-order valence-electron chi connectivity index (χ0n) is 13.5. The summed E-state index contributed by atoms with van der Waals surface area (Å²) in [7, 11) is 2.03. The molecule has 1 aliphatic rings. The van der Waals surface area contributed by atoms with E-state index < -0.39 is 0 Å². The Morgan fingerprint density at radius 1 is 1.45 bits per heavy atom. The summed E-state index contributed by atoms with van der Waals surface area (Å²) in [6.07, 6.45) is 3.84. The van der Waals surface area contributed by atoms with E-state index in [2.05, 4.69) is 33.0 Å². The largest absolute Gasteiger partial charge is 0.371 e. The van der Waals surface area contributed by atoms with Gasteiger partial charge in [0.15, 0.2) is 0 Å². The molecule has 1 aliphatic carbocycles. The number of rotatable bonds is 5. The van der Waals surface area contributed by atoms with Gasteiger partial charge in [0.25, 0.3) is 0 Å². The van der Waals surface area contributed by atoms with E-state index in [1.165, 1.54) is 34.8 Å². The lowest BCUT2D eigenvalue weighted by atomic mass is 9.88. The van der Waals surface area contributed by atoms with E-state index in [0.29, 0.717) is 5.92 Å². The second kappa shape index (κ2) is 6.54. The fourth-order valence-corrected chi connectivity index (χ4v) is 4.43. The topological polar surface area (TPSA) is 34.1 Å². The Hall–Kier alpha value is -0.450. The summed E-state index contributed by atoms with van der Waals surface area (Å²) in [5, 5.41) is 4.48. The monoisotopic (exact) mass is 296 g/mol. The van der Waals surface area contributed by atoms with Crippen molar-refractivity contribution >= 4 is 11.3 Å². The Morgan fingerprint density at radius 3 is 2.80 bits per heavy atom. The molecule has 4 heteroatoms. The normalized spacial score (nSPS) is 20.8. The summed E-state index contributed by atoms with van der Waals surface area (Å²) in [5.41, 5.74) is 1.43. The number of nitrogens with one attached hydrogen (secondary N) is 1. The zero-order chi connectivity index (χ0) is 14.8. The summed E-state index contributed by atoms with van der Waals surface area (Å²) in [5.74, 6) is 0.580. The van der Waals surface area contributed by atoms with Gasteiger partial charge in [-0.3, -0.25) is 0 Å². The summed E-state index contributed by atoms with van der Waals surface area (Å²) in [6.45, 7) is 10.5. The number of fused-ring (bicyclic) bond motifs is 1. The molecule has 0 saturated carbocycles. The molecule has 0 spiro atoms. The molecule has 0 aliphatic heterocycles. The van der Waals surface area contributed by atoms with E-state index in [-0.39, 0.29) is 11.5 Å². The van der Waals surface area contributed by atoms with Crippen molar-refractivity contribution < 1.29 is 4.74 Å². The van der Waals surface area contributed by atoms with E-state index in [4.69, 9.17) is 9.72 Å². The highest BCUT2D eigenvalue weighted by Gasteiger charge is 2.32. The average molecular weight is 296 g/mol. The van der Waals surface area contributed by atoms with Gasteiger partial charge < -0.3 is 10.1 Å². The minimum Gasteiger partial charge on any atom is -0.371 e. The van der Waals surface area contributed by atoms with Crippen molar-refractivity contribution in [2.45, 2.75) is 59.0 Å². The van der Waals surface area contributed by atoms with Crippen LogP contribution in [0.3, 0.4) is 0 Å². The molecule has 1 aromatic heterocycles. The van der Waals surface area contributed by atoms with Crippen molar-refractivity contribution in [2.24, 2.45) is 5.41 Å². The summed E-state index contributed by atoms with van der Waals surface area (Å²) in [6, 6.07) is 0. The smallest absolute Gasteiger partial charge is 0.123 e. The minimum atomic E-state index is 0.0922. The zero-order valence-corrected chi connectivity index (χ0v) is 14.3. The Balaban J connectivity index is 2.29. The van der Waals surface area contributed by atoms with Crippen molar-refractivity contribution in [3.63, 3.8) is 0 Å². The summed E-state index contributed by atoms with van der Waals surface area (Å²) in [4.78, 5) is 6.48. The van der Waals surface area contributed by atoms with Crippen LogP contribution in [0.2, 0.25) is 0 Å². The van der Waals surface area contributed by atoms with Crippen LogP contribution in [0.4, 0.5) is 0 Å². The average Bonchev–Trinajstić information content (AvgIpc) is 2.79. The lowest BCUT2D eigenvalue weighted by molar-refractivity contribution is -0.0134. The number of aryl methyl sites for hydroxylation is 1. The minimum absolute atomic E-state index is 0.0922. The summed E-state index contributed by atoms with van der Waals surface area (Å²) < 4.78 is 6.00. The van der Waals surface area contributed by atoms with Crippen LogP contribution >= 0.6 is 11.3 Å².